The highest BCUT2D eigenvalue weighted by molar-refractivity contribution is 7.99. The third-order valence-electron chi connectivity index (χ3n) is 3.18. The minimum absolute atomic E-state index is 0.141. The molecular formula is C16H27NOS. The Kier molecular flexibility index (Phi) is 7.51. The number of rotatable bonds is 9. The summed E-state index contributed by atoms with van der Waals surface area (Å²) in [6.07, 6.45) is 2.16. The van der Waals surface area contributed by atoms with Gasteiger partial charge in [-0.25, -0.2) is 0 Å². The van der Waals surface area contributed by atoms with Crippen molar-refractivity contribution in [2.45, 2.75) is 45.2 Å². The normalized spacial score (nSPS) is 14.6. The number of benzene rings is 1. The molecule has 0 fully saturated rings. The molecule has 0 amide bonds. The molecule has 1 atom stereocenters. The van der Waals surface area contributed by atoms with E-state index in [-0.39, 0.29) is 12.1 Å². The lowest BCUT2D eigenvalue weighted by Crippen LogP contribution is -2.49. The largest absolute Gasteiger partial charge is 0.394 e. The van der Waals surface area contributed by atoms with Crippen LogP contribution >= 0.6 is 11.8 Å². The van der Waals surface area contributed by atoms with E-state index >= 15 is 0 Å². The van der Waals surface area contributed by atoms with Crippen molar-refractivity contribution in [2.75, 3.05) is 18.1 Å². The van der Waals surface area contributed by atoms with Gasteiger partial charge in [-0.15, -0.1) is 0 Å². The maximum atomic E-state index is 9.96. The quantitative estimate of drug-likeness (QED) is 0.680. The Morgan fingerprint density at radius 1 is 1.21 bits per heavy atom. The van der Waals surface area contributed by atoms with E-state index in [0.29, 0.717) is 6.04 Å². The van der Waals surface area contributed by atoms with Gasteiger partial charge in [0.05, 0.1) is 12.1 Å². The van der Waals surface area contributed by atoms with Crippen LogP contribution in [-0.2, 0) is 5.54 Å². The van der Waals surface area contributed by atoms with Crippen LogP contribution < -0.4 is 5.32 Å². The van der Waals surface area contributed by atoms with E-state index in [0.717, 1.165) is 12.2 Å². The summed E-state index contributed by atoms with van der Waals surface area (Å²) in [7, 11) is 0. The minimum atomic E-state index is -0.309. The van der Waals surface area contributed by atoms with Gasteiger partial charge in [0.15, 0.2) is 0 Å². The van der Waals surface area contributed by atoms with Crippen molar-refractivity contribution in [3.8, 4) is 0 Å². The molecule has 0 heterocycles. The summed E-state index contributed by atoms with van der Waals surface area (Å²) in [6, 6.07) is 10.7. The molecule has 0 aliphatic heterocycles. The van der Waals surface area contributed by atoms with Gasteiger partial charge in [0.2, 0.25) is 0 Å². The van der Waals surface area contributed by atoms with Crippen LogP contribution in [0.25, 0.3) is 0 Å². The zero-order chi connectivity index (χ0) is 14.1. The van der Waals surface area contributed by atoms with E-state index in [4.69, 9.17) is 0 Å². The predicted molar refractivity (Wildman–Crippen MR) is 85.7 cm³/mol. The third kappa shape index (κ3) is 5.17. The van der Waals surface area contributed by atoms with Gasteiger partial charge < -0.3 is 10.4 Å². The molecule has 0 saturated heterocycles. The second-order valence-electron chi connectivity index (χ2n) is 5.27. The fraction of sp³-hybridized carbons (Fsp3) is 0.625. The maximum absolute atomic E-state index is 9.96. The first kappa shape index (κ1) is 16.5. The van der Waals surface area contributed by atoms with Gasteiger partial charge in [0.1, 0.15) is 0 Å². The van der Waals surface area contributed by atoms with Crippen molar-refractivity contribution in [1.82, 2.24) is 5.32 Å². The first-order valence-corrected chi connectivity index (χ1v) is 8.32. The molecule has 0 aliphatic rings. The molecule has 1 aromatic rings. The summed E-state index contributed by atoms with van der Waals surface area (Å²) < 4.78 is 0. The van der Waals surface area contributed by atoms with Gasteiger partial charge >= 0.3 is 0 Å². The highest BCUT2D eigenvalue weighted by Crippen LogP contribution is 2.27. The maximum Gasteiger partial charge on any atom is 0.0678 e. The summed E-state index contributed by atoms with van der Waals surface area (Å²) in [5.41, 5.74) is 0.874. The van der Waals surface area contributed by atoms with Crippen molar-refractivity contribution >= 4 is 11.8 Å². The van der Waals surface area contributed by atoms with Crippen molar-refractivity contribution in [2.24, 2.45) is 0 Å². The number of nitrogens with one attached hydrogen (secondary N) is 1. The monoisotopic (exact) mass is 281 g/mol. The van der Waals surface area contributed by atoms with Gasteiger partial charge in [0, 0.05) is 6.04 Å². The van der Waals surface area contributed by atoms with Crippen molar-refractivity contribution in [3.63, 3.8) is 0 Å². The molecule has 0 saturated carbocycles. The summed E-state index contributed by atoms with van der Waals surface area (Å²) >= 11 is 1.97. The average Bonchev–Trinajstić information content (AvgIpc) is 2.43. The Morgan fingerprint density at radius 2 is 1.89 bits per heavy atom. The van der Waals surface area contributed by atoms with Crippen molar-refractivity contribution in [1.29, 1.82) is 0 Å². The molecule has 2 N–H and O–H groups in total. The number of aliphatic hydroxyl groups is 1. The zero-order valence-corrected chi connectivity index (χ0v) is 13.2. The highest BCUT2D eigenvalue weighted by Gasteiger charge is 2.31. The second-order valence-corrected chi connectivity index (χ2v) is 6.49. The van der Waals surface area contributed by atoms with Crippen LogP contribution in [-0.4, -0.2) is 29.3 Å². The molecule has 1 aromatic carbocycles. The molecule has 2 nitrogen and oxygen atoms in total. The summed E-state index contributed by atoms with van der Waals surface area (Å²) in [5.74, 6) is 2.26. The Morgan fingerprint density at radius 3 is 2.42 bits per heavy atom. The Bertz CT molecular complexity index is 342. The van der Waals surface area contributed by atoms with Gasteiger partial charge in [-0.3, -0.25) is 0 Å². The van der Waals surface area contributed by atoms with E-state index in [1.165, 1.54) is 17.7 Å². The lowest BCUT2D eigenvalue weighted by atomic mass is 9.87. The fourth-order valence-corrected chi connectivity index (χ4v) is 3.30. The number of hydrogen-bond acceptors (Lipinski definition) is 3. The van der Waals surface area contributed by atoms with Crippen LogP contribution in [0.5, 0.6) is 0 Å². The molecule has 19 heavy (non-hydrogen) atoms. The van der Waals surface area contributed by atoms with E-state index in [1.807, 2.05) is 30.0 Å². The first-order valence-electron chi connectivity index (χ1n) is 7.16. The SMILES string of the molecule is CCCSCCC(CO)(NC(C)C)c1ccccc1. The minimum Gasteiger partial charge on any atom is -0.394 e. The summed E-state index contributed by atoms with van der Waals surface area (Å²) in [4.78, 5) is 0. The summed E-state index contributed by atoms with van der Waals surface area (Å²) in [5, 5.41) is 13.5. The van der Waals surface area contributed by atoms with Crippen LogP contribution in [0.15, 0.2) is 30.3 Å². The van der Waals surface area contributed by atoms with Crippen LogP contribution in [0, 0.1) is 0 Å². The standard InChI is InChI=1S/C16H27NOS/c1-4-11-19-12-10-16(13-18,17-14(2)3)15-8-6-5-7-9-15/h5-9,14,17-18H,4,10-13H2,1-3H3. The van der Waals surface area contributed by atoms with Crippen LogP contribution in [0.4, 0.5) is 0 Å². The van der Waals surface area contributed by atoms with Gasteiger partial charge in [0.25, 0.3) is 0 Å². The average molecular weight is 281 g/mol. The fourth-order valence-electron chi connectivity index (χ4n) is 2.32. The second kappa shape index (κ2) is 8.62. The lowest BCUT2D eigenvalue weighted by molar-refractivity contribution is 0.147. The molecule has 0 aliphatic carbocycles. The van der Waals surface area contributed by atoms with E-state index in [9.17, 15) is 5.11 Å². The zero-order valence-electron chi connectivity index (χ0n) is 12.4. The summed E-state index contributed by atoms with van der Waals surface area (Å²) in [6.45, 7) is 6.61. The first-order chi connectivity index (χ1) is 9.14. The van der Waals surface area contributed by atoms with Crippen LogP contribution in [0.2, 0.25) is 0 Å². The van der Waals surface area contributed by atoms with Gasteiger partial charge in [-0.2, -0.15) is 11.8 Å². The van der Waals surface area contributed by atoms with E-state index in [2.05, 4.69) is 38.2 Å². The molecule has 108 valence electrons. The number of thioether (sulfide) groups is 1. The molecule has 3 heteroatoms. The molecule has 1 unspecified atom stereocenters. The van der Waals surface area contributed by atoms with E-state index < -0.39 is 0 Å². The molecule has 1 rings (SSSR count). The molecule has 0 radical (unpaired) electrons. The molecule has 0 spiro atoms. The lowest BCUT2D eigenvalue weighted by Gasteiger charge is -2.36. The Labute approximate surface area is 122 Å². The molecule has 0 aromatic heterocycles. The van der Waals surface area contributed by atoms with Gasteiger partial charge in [-0.1, -0.05) is 37.3 Å². The van der Waals surface area contributed by atoms with Crippen molar-refractivity contribution < 1.29 is 5.11 Å². The van der Waals surface area contributed by atoms with Crippen molar-refractivity contribution in [3.05, 3.63) is 35.9 Å². The number of hydrogen-bond donors (Lipinski definition) is 2. The molecule has 0 bridgehead atoms. The van der Waals surface area contributed by atoms with Gasteiger partial charge in [-0.05, 0) is 43.8 Å². The topological polar surface area (TPSA) is 32.3 Å². The Hall–Kier alpha value is -0.510. The van der Waals surface area contributed by atoms with Crippen LogP contribution in [0.3, 0.4) is 0 Å². The highest BCUT2D eigenvalue weighted by atomic mass is 32.2. The van der Waals surface area contributed by atoms with E-state index in [1.54, 1.807) is 0 Å². The third-order valence-corrected chi connectivity index (χ3v) is 4.37. The Balaban J connectivity index is 2.82. The van der Waals surface area contributed by atoms with Crippen LogP contribution in [0.1, 0.15) is 39.2 Å². The number of aliphatic hydroxyl groups excluding tert-OH is 1. The smallest absolute Gasteiger partial charge is 0.0678 e. The molecular weight excluding hydrogens is 254 g/mol. The predicted octanol–water partition coefficient (Wildman–Crippen LogP) is 3.41.